The standard InChI is InChI=1S/C11H14N4O/c1-12-11(10-7-13-15-14-10)8-3-5-9(16-2)6-4-8/h3-7,11-12H,1-2H3,(H,13,14,15). The van der Waals surface area contributed by atoms with E-state index in [4.69, 9.17) is 4.74 Å². The molecule has 2 aromatic rings. The Kier molecular flexibility index (Phi) is 3.16. The van der Waals surface area contributed by atoms with Crippen LogP contribution < -0.4 is 10.1 Å². The number of aromatic amines is 1. The van der Waals surface area contributed by atoms with Gasteiger partial charge in [0.05, 0.1) is 19.3 Å². The Hall–Kier alpha value is -1.88. The van der Waals surface area contributed by atoms with Gasteiger partial charge in [0.1, 0.15) is 11.4 Å². The van der Waals surface area contributed by atoms with E-state index in [-0.39, 0.29) is 6.04 Å². The van der Waals surface area contributed by atoms with Crippen LogP contribution in [-0.4, -0.2) is 29.6 Å². The summed E-state index contributed by atoms with van der Waals surface area (Å²) in [6.07, 6.45) is 1.71. The second-order valence-electron chi connectivity index (χ2n) is 3.39. The maximum atomic E-state index is 5.12. The number of nitrogens with zero attached hydrogens (tertiary/aromatic N) is 2. The molecule has 1 aromatic carbocycles. The van der Waals surface area contributed by atoms with E-state index >= 15 is 0 Å². The Labute approximate surface area is 93.8 Å². The minimum Gasteiger partial charge on any atom is -0.497 e. The molecule has 0 bridgehead atoms. The van der Waals surface area contributed by atoms with Crippen LogP contribution in [0, 0.1) is 0 Å². The molecular formula is C11H14N4O. The molecule has 0 saturated carbocycles. The zero-order valence-electron chi connectivity index (χ0n) is 9.27. The molecule has 1 aromatic heterocycles. The summed E-state index contributed by atoms with van der Waals surface area (Å²) in [6, 6.07) is 7.92. The van der Waals surface area contributed by atoms with Crippen molar-refractivity contribution in [1.29, 1.82) is 0 Å². The van der Waals surface area contributed by atoms with E-state index in [1.54, 1.807) is 13.3 Å². The van der Waals surface area contributed by atoms with Crippen LogP contribution in [0.5, 0.6) is 5.75 Å². The predicted octanol–water partition coefficient (Wildman–Crippen LogP) is 1.12. The Morgan fingerprint density at radius 1 is 1.31 bits per heavy atom. The van der Waals surface area contributed by atoms with E-state index in [1.807, 2.05) is 31.3 Å². The van der Waals surface area contributed by atoms with Crippen molar-refractivity contribution in [3.63, 3.8) is 0 Å². The zero-order chi connectivity index (χ0) is 11.4. The first-order valence-corrected chi connectivity index (χ1v) is 5.02. The van der Waals surface area contributed by atoms with E-state index in [2.05, 4.69) is 20.7 Å². The van der Waals surface area contributed by atoms with Gasteiger partial charge in [0, 0.05) is 0 Å². The molecule has 0 fully saturated rings. The van der Waals surface area contributed by atoms with Crippen molar-refractivity contribution in [3.05, 3.63) is 41.7 Å². The first-order valence-electron chi connectivity index (χ1n) is 5.02. The number of nitrogens with one attached hydrogen (secondary N) is 2. The van der Waals surface area contributed by atoms with Crippen molar-refractivity contribution >= 4 is 0 Å². The molecule has 2 rings (SSSR count). The molecule has 0 saturated heterocycles. The van der Waals surface area contributed by atoms with Crippen molar-refractivity contribution in [2.75, 3.05) is 14.2 Å². The molecule has 0 radical (unpaired) electrons. The third kappa shape index (κ3) is 2.04. The van der Waals surface area contributed by atoms with E-state index in [0.29, 0.717) is 0 Å². The molecule has 84 valence electrons. The lowest BCUT2D eigenvalue weighted by atomic mass is 10.0. The smallest absolute Gasteiger partial charge is 0.118 e. The number of H-pyrrole nitrogens is 1. The summed E-state index contributed by atoms with van der Waals surface area (Å²) in [6.45, 7) is 0. The monoisotopic (exact) mass is 218 g/mol. The predicted molar refractivity (Wildman–Crippen MR) is 60.3 cm³/mol. The number of methoxy groups -OCH3 is 1. The summed E-state index contributed by atoms with van der Waals surface area (Å²) in [7, 11) is 3.55. The molecule has 5 heteroatoms. The summed E-state index contributed by atoms with van der Waals surface area (Å²) in [5, 5.41) is 13.7. The summed E-state index contributed by atoms with van der Waals surface area (Å²) < 4.78 is 5.12. The van der Waals surface area contributed by atoms with Crippen molar-refractivity contribution in [3.8, 4) is 5.75 Å². The zero-order valence-corrected chi connectivity index (χ0v) is 9.27. The largest absolute Gasteiger partial charge is 0.497 e. The summed E-state index contributed by atoms with van der Waals surface area (Å²) in [4.78, 5) is 0. The molecular weight excluding hydrogens is 204 g/mol. The third-order valence-electron chi connectivity index (χ3n) is 2.47. The number of ether oxygens (including phenoxy) is 1. The number of benzene rings is 1. The molecule has 16 heavy (non-hydrogen) atoms. The van der Waals surface area contributed by atoms with Crippen molar-refractivity contribution in [2.45, 2.75) is 6.04 Å². The molecule has 5 nitrogen and oxygen atoms in total. The van der Waals surface area contributed by atoms with Gasteiger partial charge < -0.3 is 10.1 Å². The molecule has 0 aliphatic heterocycles. The number of rotatable bonds is 4. The van der Waals surface area contributed by atoms with Gasteiger partial charge in [0.25, 0.3) is 0 Å². The topological polar surface area (TPSA) is 62.8 Å². The normalized spacial score (nSPS) is 12.4. The van der Waals surface area contributed by atoms with Crippen LogP contribution in [0.1, 0.15) is 17.3 Å². The van der Waals surface area contributed by atoms with Gasteiger partial charge in [-0.15, -0.1) is 0 Å². The van der Waals surface area contributed by atoms with Gasteiger partial charge in [-0.3, -0.25) is 0 Å². The van der Waals surface area contributed by atoms with Gasteiger partial charge in [-0.25, -0.2) is 0 Å². The van der Waals surface area contributed by atoms with Gasteiger partial charge in [0.15, 0.2) is 0 Å². The fraction of sp³-hybridized carbons (Fsp3) is 0.273. The summed E-state index contributed by atoms with van der Waals surface area (Å²) >= 11 is 0. The van der Waals surface area contributed by atoms with E-state index < -0.39 is 0 Å². The van der Waals surface area contributed by atoms with Crippen molar-refractivity contribution < 1.29 is 4.74 Å². The Balaban J connectivity index is 2.27. The van der Waals surface area contributed by atoms with Crippen LogP contribution in [0.2, 0.25) is 0 Å². The summed E-state index contributed by atoms with van der Waals surface area (Å²) in [5.41, 5.74) is 1.99. The first kappa shape index (κ1) is 10.6. The molecule has 2 N–H and O–H groups in total. The Morgan fingerprint density at radius 3 is 2.56 bits per heavy atom. The molecule has 1 heterocycles. The highest BCUT2D eigenvalue weighted by atomic mass is 16.5. The Bertz CT molecular complexity index is 424. The molecule has 0 aliphatic carbocycles. The molecule has 0 amide bonds. The van der Waals surface area contributed by atoms with Gasteiger partial charge in [-0.2, -0.15) is 15.4 Å². The minimum atomic E-state index is 0.0460. The van der Waals surface area contributed by atoms with Gasteiger partial charge in [0.2, 0.25) is 0 Å². The number of aromatic nitrogens is 3. The quantitative estimate of drug-likeness (QED) is 0.807. The molecule has 1 unspecified atom stereocenters. The molecule has 1 atom stereocenters. The van der Waals surface area contributed by atoms with Crippen LogP contribution >= 0.6 is 0 Å². The lowest BCUT2D eigenvalue weighted by Crippen LogP contribution is -2.17. The van der Waals surface area contributed by atoms with Crippen molar-refractivity contribution in [2.24, 2.45) is 0 Å². The van der Waals surface area contributed by atoms with Crippen LogP contribution in [0.15, 0.2) is 30.5 Å². The van der Waals surface area contributed by atoms with Crippen LogP contribution in [0.3, 0.4) is 0 Å². The molecule has 0 aliphatic rings. The SMILES string of the molecule is CNC(c1ccc(OC)cc1)c1cn[nH]n1. The number of hydrogen-bond acceptors (Lipinski definition) is 4. The third-order valence-corrected chi connectivity index (χ3v) is 2.47. The van der Waals surface area contributed by atoms with Crippen molar-refractivity contribution in [1.82, 2.24) is 20.7 Å². The summed E-state index contributed by atoms with van der Waals surface area (Å²) in [5.74, 6) is 0.846. The second kappa shape index (κ2) is 4.76. The minimum absolute atomic E-state index is 0.0460. The van der Waals surface area contributed by atoms with Gasteiger partial charge in [-0.05, 0) is 24.7 Å². The highest BCUT2D eigenvalue weighted by molar-refractivity contribution is 5.32. The average molecular weight is 218 g/mol. The second-order valence-corrected chi connectivity index (χ2v) is 3.39. The highest BCUT2D eigenvalue weighted by Crippen LogP contribution is 2.21. The van der Waals surface area contributed by atoms with E-state index in [1.165, 1.54) is 0 Å². The van der Waals surface area contributed by atoms with Crippen LogP contribution in [-0.2, 0) is 0 Å². The highest BCUT2D eigenvalue weighted by Gasteiger charge is 2.14. The van der Waals surface area contributed by atoms with E-state index in [9.17, 15) is 0 Å². The molecule has 0 spiro atoms. The van der Waals surface area contributed by atoms with Crippen LogP contribution in [0.25, 0.3) is 0 Å². The first-order chi connectivity index (χ1) is 7.85. The fourth-order valence-corrected chi connectivity index (χ4v) is 1.63. The Morgan fingerprint density at radius 2 is 2.06 bits per heavy atom. The van der Waals surface area contributed by atoms with Gasteiger partial charge in [-0.1, -0.05) is 12.1 Å². The maximum Gasteiger partial charge on any atom is 0.118 e. The van der Waals surface area contributed by atoms with Gasteiger partial charge >= 0.3 is 0 Å². The lowest BCUT2D eigenvalue weighted by molar-refractivity contribution is 0.414. The average Bonchev–Trinajstić information content (AvgIpc) is 2.85. The number of hydrogen-bond donors (Lipinski definition) is 2. The fourth-order valence-electron chi connectivity index (χ4n) is 1.63. The van der Waals surface area contributed by atoms with Crippen LogP contribution in [0.4, 0.5) is 0 Å². The van der Waals surface area contributed by atoms with E-state index in [0.717, 1.165) is 17.0 Å². The lowest BCUT2D eigenvalue weighted by Gasteiger charge is -2.13. The maximum absolute atomic E-state index is 5.12.